The van der Waals surface area contributed by atoms with Crippen LogP contribution in [0.3, 0.4) is 0 Å². The molecule has 0 bridgehead atoms. The van der Waals surface area contributed by atoms with Crippen molar-refractivity contribution in [3.63, 3.8) is 0 Å². The Labute approximate surface area is 125 Å². The molecule has 0 amide bonds. The molecule has 2 rings (SSSR count). The number of aliphatic hydroxyl groups excluding tert-OH is 1. The number of rotatable bonds is 3. The predicted octanol–water partition coefficient (Wildman–Crippen LogP) is 2.52. The molecule has 0 saturated carbocycles. The van der Waals surface area contributed by atoms with Crippen molar-refractivity contribution in [1.29, 1.82) is 0 Å². The van der Waals surface area contributed by atoms with Gasteiger partial charge in [-0.15, -0.1) is 0 Å². The number of aliphatic hydroxyl groups is 1. The lowest BCUT2D eigenvalue weighted by Gasteiger charge is -2.23. The average molecular weight is 315 g/mol. The van der Waals surface area contributed by atoms with Gasteiger partial charge >= 0.3 is 0 Å². The number of halogens is 1. The molecule has 1 saturated heterocycles. The first-order valence-corrected chi connectivity index (χ1v) is 8.60. The van der Waals surface area contributed by atoms with Crippen LogP contribution in [0.15, 0.2) is 23.1 Å². The molecule has 0 spiro atoms. The zero-order valence-electron chi connectivity index (χ0n) is 12.5. The van der Waals surface area contributed by atoms with E-state index >= 15 is 0 Å². The van der Waals surface area contributed by atoms with Crippen LogP contribution in [0.25, 0.3) is 0 Å². The van der Waals surface area contributed by atoms with E-state index in [-0.39, 0.29) is 16.9 Å². The Balaban J connectivity index is 2.33. The van der Waals surface area contributed by atoms with Crippen molar-refractivity contribution < 1.29 is 17.9 Å². The van der Waals surface area contributed by atoms with Crippen LogP contribution in [-0.2, 0) is 16.6 Å². The Morgan fingerprint density at radius 1 is 1.29 bits per heavy atom. The van der Waals surface area contributed by atoms with Crippen molar-refractivity contribution in [3.05, 3.63) is 29.6 Å². The predicted molar refractivity (Wildman–Crippen MR) is 78.7 cm³/mol. The highest BCUT2D eigenvalue weighted by Crippen LogP contribution is 2.32. The molecule has 1 aliphatic heterocycles. The van der Waals surface area contributed by atoms with E-state index in [4.69, 9.17) is 5.11 Å². The molecule has 1 aliphatic rings. The van der Waals surface area contributed by atoms with Crippen LogP contribution < -0.4 is 0 Å². The van der Waals surface area contributed by atoms with Gasteiger partial charge in [0.05, 0.1) is 6.61 Å². The fourth-order valence-electron chi connectivity index (χ4n) is 2.62. The molecule has 1 aromatic rings. The van der Waals surface area contributed by atoms with E-state index in [0.29, 0.717) is 18.7 Å². The topological polar surface area (TPSA) is 57.6 Å². The van der Waals surface area contributed by atoms with Gasteiger partial charge in [-0.25, -0.2) is 12.8 Å². The molecule has 6 heteroatoms. The standard InChI is InChI=1S/C15H22FNO3S/c1-15(2)6-3-8-17(9-7-15)21(19,20)14-10-12(11-18)4-5-13(14)16/h4-5,10,18H,3,6-9,11H2,1-2H3. The van der Waals surface area contributed by atoms with Gasteiger partial charge in [0.1, 0.15) is 10.7 Å². The summed E-state index contributed by atoms with van der Waals surface area (Å²) in [5, 5.41) is 9.11. The van der Waals surface area contributed by atoms with Gasteiger partial charge in [0.2, 0.25) is 10.0 Å². The van der Waals surface area contributed by atoms with E-state index in [2.05, 4.69) is 13.8 Å². The largest absolute Gasteiger partial charge is 0.392 e. The first kappa shape index (κ1) is 16.4. The molecule has 1 aromatic carbocycles. The molecule has 0 unspecified atom stereocenters. The van der Waals surface area contributed by atoms with Gasteiger partial charge in [0, 0.05) is 13.1 Å². The molecule has 1 N–H and O–H groups in total. The Kier molecular flexibility index (Phi) is 4.70. The fraction of sp³-hybridized carbons (Fsp3) is 0.600. The molecule has 0 radical (unpaired) electrons. The zero-order chi connectivity index (χ0) is 15.7. The molecule has 4 nitrogen and oxygen atoms in total. The molecule has 1 heterocycles. The van der Waals surface area contributed by atoms with Crippen molar-refractivity contribution in [2.24, 2.45) is 5.41 Å². The molecule has 1 fully saturated rings. The number of benzene rings is 1. The monoisotopic (exact) mass is 315 g/mol. The first-order valence-electron chi connectivity index (χ1n) is 7.16. The van der Waals surface area contributed by atoms with Crippen LogP contribution in [0.5, 0.6) is 0 Å². The zero-order valence-corrected chi connectivity index (χ0v) is 13.3. The van der Waals surface area contributed by atoms with Gasteiger partial charge < -0.3 is 5.11 Å². The summed E-state index contributed by atoms with van der Waals surface area (Å²) in [7, 11) is -3.85. The fourth-order valence-corrected chi connectivity index (χ4v) is 4.22. The Morgan fingerprint density at radius 2 is 2.00 bits per heavy atom. The lowest BCUT2D eigenvalue weighted by atomic mass is 9.85. The van der Waals surface area contributed by atoms with Crippen LogP contribution in [0, 0.1) is 11.2 Å². The van der Waals surface area contributed by atoms with Gasteiger partial charge in [-0.3, -0.25) is 0 Å². The summed E-state index contributed by atoms with van der Waals surface area (Å²) in [6.07, 6.45) is 2.49. The quantitative estimate of drug-likeness (QED) is 0.932. The second-order valence-corrected chi connectivity index (χ2v) is 8.25. The SMILES string of the molecule is CC1(C)CCCN(S(=O)(=O)c2cc(CO)ccc2F)CC1. The summed E-state index contributed by atoms with van der Waals surface area (Å²) in [6.45, 7) is 4.74. The van der Waals surface area contributed by atoms with E-state index < -0.39 is 15.8 Å². The van der Waals surface area contributed by atoms with Crippen LogP contribution in [0.2, 0.25) is 0 Å². The maximum Gasteiger partial charge on any atom is 0.245 e. The third-order valence-electron chi connectivity index (χ3n) is 4.10. The molecular weight excluding hydrogens is 293 g/mol. The van der Waals surface area contributed by atoms with Gasteiger partial charge in [-0.2, -0.15) is 4.31 Å². The van der Waals surface area contributed by atoms with Crippen LogP contribution >= 0.6 is 0 Å². The van der Waals surface area contributed by atoms with E-state index in [1.54, 1.807) is 0 Å². The Hall–Kier alpha value is -0.980. The average Bonchev–Trinajstić information content (AvgIpc) is 2.60. The number of hydrogen-bond donors (Lipinski definition) is 1. The maximum atomic E-state index is 13.9. The highest BCUT2D eigenvalue weighted by molar-refractivity contribution is 7.89. The van der Waals surface area contributed by atoms with Gasteiger partial charge in [0.15, 0.2) is 0 Å². The minimum Gasteiger partial charge on any atom is -0.392 e. The van der Waals surface area contributed by atoms with Crippen molar-refractivity contribution >= 4 is 10.0 Å². The van der Waals surface area contributed by atoms with Crippen molar-refractivity contribution in [1.82, 2.24) is 4.31 Å². The highest BCUT2D eigenvalue weighted by atomic mass is 32.2. The summed E-state index contributed by atoms with van der Waals surface area (Å²) in [5.74, 6) is -0.768. The lowest BCUT2D eigenvalue weighted by molar-refractivity contribution is 0.281. The number of sulfonamides is 1. The van der Waals surface area contributed by atoms with Crippen LogP contribution in [0.4, 0.5) is 4.39 Å². The van der Waals surface area contributed by atoms with Gasteiger partial charge in [-0.1, -0.05) is 19.9 Å². The summed E-state index contributed by atoms with van der Waals surface area (Å²) in [5.41, 5.74) is 0.501. The smallest absolute Gasteiger partial charge is 0.245 e. The summed E-state index contributed by atoms with van der Waals surface area (Å²) >= 11 is 0. The van der Waals surface area contributed by atoms with Crippen molar-refractivity contribution in [2.75, 3.05) is 13.1 Å². The van der Waals surface area contributed by atoms with Gasteiger partial charge in [0.25, 0.3) is 0 Å². The van der Waals surface area contributed by atoms with Crippen LogP contribution in [-0.4, -0.2) is 30.9 Å². The second-order valence-electron chi connectivity index (χ2n) is 6.34. The molecular formula is C15H22FNO3S. The third-order valence-corrected chi connectivity index (χ3v) is 6.01. The molecule has 21 heavy (non-hydrogen) atoms. The third kappa shape index (κ3) is 3.62. The van der Waals surface area contributed by atoms with E-state index in [9.17, 15) is 12.8 Å². The minimum absolute atomic E-state index is 0.107. The van der Waals surface area contributed by atoms with Crippen molar-refractivity contribution in [2.45, 2.75) is 44.6 Å². The Morgan fingerprint density at radius 3 is 2.67 bits per heavy atom. The first-order chi connectivity index (χ1) is 9.76. The molecule has 118 valence electrons. The minimum atomic E-state index is -3.85. The van der Waals surface area contributed by atoms with E-state index in [1.807, 2.05) is 0 Å². The summed E-state index contributed by atoms with van der Waals surface area (Å²) in [4.78, 5) is -0.339. The van der Waals surface area contributed by atoms with E-state index in [1.165, 1.54) is 16.4 Å². The highest BCUT2D eigenvalue weighted by Gasteiger charge is 2.32. The number of hydrogen-bond acceptors (Lipinski definition) is 3. The molecule has 0 aromatic heterocycles. The van der Waals surface area contributed by atoms with Crippen molar-refractivity contribution in [3.8, 4) is 0 Å². The number of nitrogens with zero attached hydrogens (tertiary/aromatic N) is 1. The summed E-state index contributed by atoms with van der Waals surface area (Å²) < 4.78 is 40.6. The van der Waals surface area contributed by atoms with Gasteiger partial charge in [-0.05, 0) is 42.4 Å². The Bertz CT molecular complexity index is 613. The van der Waals surface area contributed by atoms with E-state index in [0.717, 1.165) is 25.3 Å². The lowest BCUT2D eigenvalue weighted by Crippen LogP contribution is -2.33. The molecule has 0 atom stereocenters. The molecule has 0 aliphatic carbocycles. The normalized spacial score (nSPS) is 20.2. The summed E-state index contributed by atoms with van der Waals surface area (Å²) in [6, 6.07) is 3.71. The van der Waals surface area contributed by atoms with Crippen LogP contribution in [0.1, 0.15) is 38.7 Å². The second kappa shape index (κ2) is 6.02. The maximum absolute atomic E-state index is 13.9.